The number of carbonyl (C=O) groups is 2. The van der Waals surface area contributed by atoms with Gasteiger partial charge in [0.05, 0.1) is 20.6 Å². The molecule has 5 nitrogen and oxygen atoms in total. The fraction of sp³-hybridized carbons (Fsp3) is 0.438. The van der Waals surface area contributed by atoms with Gasteiger partial charge in [0.2, 0.25) is 5.91 Å². The van der Waals surface area contributed by atoms with Crippen molar-refractivity contribution in [2.45, 2.75) is 26.2 Å². The first-order valence-electron chi connectivity index (χ1n) is 7.43. The van der Waals surface area contributed by atoms with Crippen molar-refractivity contribution in [3.05, 3.63) is 27.7 Å². The van der Waals surface area contributed by atoms with Gasteiger partial charge in [-0.05, 0) is 31.5 Å². The van der Waals surface area contributed by atoms with Crippen LogP contribution in [0.3, 0.4) is 0 Å². The number of aryl methyl sites for hydroxylation is 1. The van der Waals surface area contributed by atoms with E-state index in [2.05, 4.69) is 20.9 Å². The summed E-state index contributed by atoms with van der Waals surface area (Å²) in [5.41, 5.74) is 0.129. The fourth-order valence-corrected chi connectivity index (χ4v) is 4.07. The highest BCUT2D eigenvalue weighted by atomic mass is 79.9. The first-order chi connectivity index (χ1) is 10.9. The van der Waals surface area contributed by atoms with Crippen LogP contribution in [-0.4, -0.2) is 40.0 Å². The van der Waals surface area contributed by atoms with Crippen LogP contribution in [0, 0.1) is 5.41 Å². The molecular formula is C16H17BrN2O3S. The third kappa shape index (κ3) is 3.40. The number of hydrogen-bond acceptors (Lipinski definition) is 4. The van der Waals surface area contributed by atoms with Gasteiger partial charge in [0.1, 0.15) is 0 Å². The molecule has 1 aliphatic rings. The lowest BCUT2D eigenvalue weighted by Gasteiger charge is -2.20. The summed E-state index contributed by atoms with van der Waals surface area (Å²) in [6.45, 7) is 2.52. The fourth-order valence-electron chi connectivity index (χ4n) is 2.78. The van der Waals surface area contributed by atoms with Gasteiger partial charge >= 0.3 is 5.97 Å². The number of halogens is 1. The highest BCUT2D eigenvalue weighted by Gasteiger charge is 2.41. The second kappa shape index (κ2) is 6.20. The molecule has 3 rings (SSSR count). The van der Waals surface area contributed by atoms with E-state index in [1.807, 2.05) is 18.2 Å². The number of nitrogens with zero attached hydrogens (tertiary/aromatic N) is 2. The molecule has 0 bridgehead atoms. The molecule has 1 amide bonds. The second-order valence-corrected chi connectivity index (χ2v) is 8.18. The quantitative estimate of drug-likeness (QED) is 0.860. The number of carboxylic acid groups (broad SMARTS) is 1. The van der Waals surface area contributed by atoms with Crippen LogP contribution in [0.5, 0.6) is 0 Å². The van der Waals surface area contributed by atoms with Gasteiger partial charge in [0.25, 0.3) is 0 Å². The molecule has 1 N–H and O–H groups in total. The van der Waals surface area contributed by atoms with Crippen molar-refractivity contribution < 1.29 is 14.7 Å². The number of carboxylic acids is 1. The van der Waals surface area contributed by atoms with Crippen molar-refractivity contribution in [3.63, 3.8) is 0 Å². The number of aliphatic carboxylic acids is 1. The van der Waals surface area contributed by atoms with E-state index in [-0.39, 0.29) is 5.91 Å². The number of fused-ring (bicyclic) bond motifs is 1. The molecule has 1 saturated heterocycles. The number of carbonyl (C=O) groups excluding carboxylic acids is 1. The normalized spacial score (nSPS) is 21.0. The van der Waals surface area contributed by atoms with E-state index in [1.165, 1.54) is 0 Å². The lowest BCUT2D eigenvalue weighted by Crippen LogP contribution is -2.34. The zero-order valence-electron chi connectivity index (χ0n) is 12.7. The number of thiazole rings is 1. The maximum atomic E-state index is 12.3. The first kappa shape index (κ1) is 16.4. The van der Waals surface area contributed by atoms with E-state index < -0.39 is 11.4 Å². The van der Waals surface area contributed by atoms with Crippen molar-refractivity contribution in [3.8, 4) is 0 Å². The van der Waals surface area contributed by atoms with Gasteiger partial charge in [-0.2, -0.15) is 0 Å². The van der Waals surface area contributed by atoms with E-state index in [9.17, 15) is 14.7 Å². The predicted octanol–water partition coefficient (Wildman–Crippen LogP) is 3.31. The van der Waals surface area contributed by atoms with E-state index in [0.29, 0.717) is 32.4 Å². The van der Waals surface area contributed by atoms with Crippen molar-refractivity contribution >= 4 is 49.4 Å². The molecule has 1 aromatic heterocycles. The summed E-state index contributed by atoms with van der Waals surface area (Å²) < 4.78 is 2.10. The summed E-state index contributed by atoms with van der Waals surface area (Å²) in [4.78, 5) is 29.8. The molecule has 1 fully saturated rings. The van der Waals surface area contributed by atoms with Gasteiger partial charge in [-0.15, -0.1) is 11.3 Å². The smallest absolute Gasteiger partial charge is 0.311 e. The molecule has 0 radical (unpaired) electrons. The maximum Gasteiger partial charge on any atom is 0.311 e. The number of rotatable bonds is 4. The summed E-state index contributed by atoms with van der Waals surface area (Å²) in [7, 11) is 0. The summed E-state index contributed by atoms with van der Waals surface area (Å²) in [6, 6.07) is 5.96. The van der Waals surface area contributed by atoms with Crippen LogP contribution in [0.15, 0.2) is 22.7 Å². The van der Waals surface area contributed by atoms with Gasteiger partial charge in [0.15, 0.2) is 0 Å². The van der Waals surface area contributed by atoms with Crippen LogP contribution in [0.2, 0.25) is 0 Å². The third-order valence-corrected chi connectivity index (χ3v) is 5.88. The molecule has 0 aliphatic carbocycles. The lowest BCUT2D eigenvalue weighted by atomic mass is 9.90. The Labute approximate surface area is 146 Å². The molecule has 1 aromatic carbocycles. The number of benzene rings is 1. The van der Waals surface area contributed by atoms with Crippen LogP contribution < -0.4 is 0 Å². The molecule has 0 unspecified atom stereocenters. The minimum Gasteiger partial charge on any atom is -0.481 e. The number of aromatic nitrogens is 1. The largest absolute Gasteiger partial charge is 0.481 e. The van der Waals surface area contributed by atoms with E-state index in [0.717, 1.165) is 19.7 Å². The molecule has 122 valence electrons. The van der Waals surface area contributed by atoms with Crippen molar-refractivity contribution in [2.24, 2.45) is 5.41 Å². The topological polar surface area (TPSA) is 70.5 Å². The minimum absolute atomic E-state index is 0.00964. The molecule has 0 spiro atoms. The van der Waals surface area contributed by atoms with Gasteiger partial charge in [-0.3, -0.25) is 9.59 Å². The van der Waals surface area contributed by atoms with Gasteiger partial charge < -0.3 is 10.0 Å². The molecule has 2 aromatic rings. The Morgan fingerprint density at radius 3 is 2.96 bits per heavy atom. The molecule has 7 heteroatoms. The molecule has 2 heterocycles. The Kier molecular flexibility index (Phi) is 4.42. The van der Waals surface area contributed by atoms with Gasteiger partial charge in [-0.25, -0.2) is 4.98 Å². The Morgan fingerprint density at radius 1 is 1.48 bits per heavy atom. The molecule has 0 saturated carbocycles. The Bertz CT molecular complexity index is 776. The summed E-state index contributed by atoms with van der Waals surface area (Å²) in [5.74, 6) is -0.819. The SMILES string of the molecule is C[C@]1(C(=O)O)CCN(C(=O)CCc2nc3cc(Br)ccc3s2)C1. The summed E-state index contributed by atoms with van der Waals surface area (Å²) in [6.07, 6.45) is 1.48. The van der Waals surface area contributed by atoms with Gasteiger partial charge in [0, 0.05) is 30.4 Å². The van der Waals surface area contributed by atoms with Crippen LogP contribution in [-0.2, 0) is 16.0 Å². The Morgan fingerprint density at radius 2 is 2.26 bits per heavy atom. The predicted molar refractivity (Wildman–Crippen MR) is 92.6 cm³/mol. The van der Waals surface area contributed by atoms with Gasteiger partial charge in [-0.1, -0.05) is 15.9 Å². The van der Waals surface area contributed by atoms with E-state index >= 15 is 0 Å². The molecule has 1 aliphatic heterocycles. The third-order valence-electron chi connectivity index (χ3n) is 4.29. The highest BCUT2D eigenvalue weighted by molar-refractivity contribution is 9.10. The lowest BCUT2D eigenvalue weighted by molar-refractivity contribution is -0.147. The Hall–Kier alpha value is -1.47. The van der Waals surface area contributed by atoms with Crippen LogP contribution in [0.4, 0.5) is 0 Å². The minimum atomic E-state index is -0.829. The van der Waals surface area contributed by atoms with Crippen LogP contribution in [0.25, 0.3) is 10.2 Å². The maximum absolute atomic E-state index is 12.3. The summed E-state index contributed by atoms with van der Waals surface area (Å²) in [5, 5.41) is 10.2. The van der Waals surface area contributed by atoms with Crippen molar-refractivity contribution in [2.75, 3.05) is 13.1 Å². The number of likely N-dealkylation sites (tertiary alicyclic amines) is 1. The second-order valence-electron chi connectivity index (χ2n) is 6.15. The molecule has 1 atom stereocenters. The van der Waals surface area contributed by atoms with Crippen LogP contribution >= 0.6 is 27.3 Å². The number of amides is 1. The summed E-state index contributed by atoms with van der Waals surface area (Å²) >= 11 is 5.03. The zero-order chi connectivity index (χ0) is 16.6. The van der Waals surface area contributed by atoms with Crippen molar-refractivity contribution in [1.82, 2.24) is 9.88 Å². The zero-order valence-corrected chi connectivity index (χ0v) is 15.1. The highest BCUT2D eigenvalue weighted by Crippen LogP contribution is 2.31. The molecule has 23 heavy (non-hydrogen) atoms. The molecular weight excluding hydrogens is 380 g/mol. The Balaban J connectivity index is 1.61. The van der Waals surface area contributed by atoms with E-state index in [4.69, 9.17) is 0 Å². The first-order valence-corrected chi connectivity index (χ1v) is 9.04. The van der Waals surface area contributed by atoms with E-state index in [1.54, 1.807) is 23.2 Å². The standard InChI is InChI=1S/C16H17BrN2O3S/c1-16(15(21)22)6-7-19(9-16)14(20)5-4-13-18-11-8-10(17)2-3-12(11)23-13/h2-3,8H,4-7,9H2,1H3,(H,21,22)/t16-/m0/s1. The average Bonchev–Trinajstić information content (AvgIpc) is 3.08. The van der Waals surface area contributed by atoms with Crippen molar-refractivity contribution in [1.29, 1.82) is 0 Å². The number of hydrogen-bond donors (Lipinski definition) is 1. The van der Waals surface area contributed by atoms with Crippen LogP contribution in [0.1, 0.15) is 24.8 Å². The average molecular weight is 397 g/mol. The monoisotopic (exact) mass is 396 g/mol.